The predicted octanol–water partition coefficient (Wildman–Crippen LogP) is 4.59. The summed E-state index contributed by atoms with van der Waals surface area (Å²) in [6.07, 6.45) is 0. The van der Waals surface area contributed by atoms with E-state index in [0.29, 0.717) is 30.2 Å². The highest BCUT2D eigenvalue weighted by atomic mass is 32.2. The molecule has 0 radical (unpaired) electrons. The third-order valence-corrected chi connectivity index (χ3v) is 7.53. The topological polar surface area (TPSA) is 49.9 Å². The largest absolute Gasteiger partial charge is 0.497 e. The van der Waals surface area contributed by atoms with Crippen molar-refractivity contribution in [3.63, 3.8) is 0 Å². The van der Waals surface area contributed by atoms with E-state index in [1.807, 2.05) is 54.3 Å². The number of para-hydroxylation sites is 1. The second-order valence-electron chi connectivity index (χ2n) is 8.08. The molecule has 0 aromatic heterocycles. The van der Waals surface area contributed by atoms with E-state index in [9.17, 15) is 9.59 Å². The fourth-order valence-electron chi connectivity index (χ4n) is 4.61. The molecule has 2 aliphatic rings. The van der Waals surface area contributed by atoms with Gasteiger partial charge in [-0.15, -0.1) is 11.8 Å². The molecule has 0 saturated carbocycles. The number of fused-ring (bicyclic) bond motifs is 2. The van der Waals surface area contributed by atoms with Gasteiger partial charge in [-0.3, -0.25) is 9.59 Å². The Morgan fingerprint density at radius 3 is 2.59 bits per heavy atom. The molecule has 162 valence electrons. The highest BCUT2D eigenvalue weighted by Crippen LogP contribution is 2.54. The van der Waals surface area contributed by atoms with Gasteiger partial charge in [0, 0.05) is 23.4 Å². The number of methoxy groups -OCH3 is 1. The van der Waals surface area contributed by atoms with E-state index < -0.39 is 4.87 Å². The van der Waals surface area contributed by atoms with Gasteiger partial charge in [-0.2, -0.15) is 0 Å². The first-order valence-electron chi connectivity index (χ1n) is 10.6. The van der Waals surface area contributed by atoms with E-state index in [2.05, 4.69) is 6.07 Å². The van der Waals surface area contributed by atoms with Gasteiger partial charge in [-0.25, -0.2) is 0 Å². The summed E-state index contributed by atoms with van der Waals surface area (Å²) in [5, 5.41) is 0. The number of amides is 2. The molecule has 6 heteroatoms. The van der Waals surface area contributed by atoms with Crippen LogP contribution in [-0.4, -0.2) is 36.1 Å². The van der Waals surface area contributed by atoms with E-state index in [-0.39, 0.29) is 11.8 Å². The van der Waals surface area contributed by atoms with E-state index in [4.69, 9.17) is 4.74 Å². The van der Waals surface area contributed by atoms with E-state index >= 15 is 0 Å². The minimum atomic E-state index is -1.03. The molecule has 3 aromatic carbocycles. The standard InChI is InChI=1S/C26H24N2O3S/c1-18-6-5-7-19(16-18)17-27-23-9-4-3-8-22(23)26(25(27)30)28(14-15-32-26)24(29)20-10-12-21(31-2)13-11-20/h3-13,16H,14-15,17H2,1-2H3. The van der Waals surface area contributed by atoms with E-state index in [1.165, 1.54) is 0 Å². The summed E-state index contributed by atoms with van der Waals surface area (Å²) in [5.74, 6) is 1.21. The number of anilines is 1. The van der Waals surface area contributed by atoms with Crippen LogP contribution < -0.4 is 9.64 Å². The molecule has 5 nitrogen and oxygen atoms in total. The van der Waals surface area contributed by atoms with E-state index in [1.54, 1.807) is 48.0 Å². The van der Waals surface area contributed by atoms with Crippen molar-refractivity contribution in [3.8, 4) is 5.75 Å². The van der Waals surface area contributed by atoms with Gasteiger partial charge < -0.3 is 14.5 Å². The Hall–Kier alpha value is -3.25. The first kappa shape index (κ1) is 20.6. The van der Waals surface area contributed by atoms with Gasteiger partial charge >= 0.3 is 0 Å². The van der Waals surface area contributed by atoms with Crippen LogP contribution in [0.4, 0.5) is 5.69 Å². The summed E-state index contributed by atoms with van der Waals surface area (Å²) in [7, 11) is 1.60. The van der Waals surface area contributed by atoms with Crippen molar-refractivity contribution >= 4 is 29.3 Å². The third-order valence-electron chi connectivity index (χ3n) is 6.11. The predicted molar refractivity (Wildman–Crippen MR) is 127 cm³/mol. The molecule has 5 rings (SSSR count). The molecule has 1 saturated heterocycles. The Labute approximate surface area is 192 Å². The molecule has 0 aliphatic carbocycles. The van der Waals surface area contributed by atoms with Crippen LogP contribution in [0.1, 0.15) is 27.0 Å². The number of aryl methyl sites for hydroxylation is 1. The molecule has 0 bridgehead atoms. The van der Waals surface area contributed by atoms with Crippen LogP contribution in [0.25, 0.3) is 0 Å². The Kier molecular flexibility index (Phi) is 5.18. The molecule has 3 aromatic rings. The molecule has 1 fully saturated rings. The summed E-state index contributed by atoms with van der Waals surface area (Å²) in [5.41, 5.74) is 4.54. The van der Waals surface area contributed by atoms with Gasteiger partial charge in [0.25, 0.3) is 11.8 Å². The lowest BCUT2D eigenvalue weighted by Gasteiger charge is -2.33. The van der Waals surface area contributed by atoms with Crippen molar-refractivity contribution in [2.45, 2.75) is 18.3 Å². The van der Waals surface area contributed by atoms with Crippen molar-refractivity contribution in [3.05, 3.63) is 95.1 Å². The number of carbonyl (C=O) groups excluding carboxylic acids is 2. The van der Waals surface area contributed by atoms with Crippen molar-refractivity contribution in [1.82, 2.24) is 4.90 Å². The molecular formula is C26H24N2O3S. The van der Waals surface area contributed by atoms with Crippen LogP contribution in [-0.2, 0) is 16.2 Å². The second-order valence-corrected chi connectivity index (χ2v) is 9.36. The molecule has 0 N–H and O–H groups in total. The fourth-order valence-corrected chi connectivity index (χ4v) is 6.07. The molecule has 32 heavy (non-hydrogen) atoms. The van der Waals surface area contributed by atoms with Gasteiger partial charge in [0.1, 0.15) is 5.75 Å². The van der Waals surface area contributed by atoms with Crippen LogP contribution in [0.2, 0.25) is 0 Å². The molecule has 2 aliphatic heterocycles. The zero-order chi connectivity index (χ0) is 22.3. The van der Waals surface area contributed by atoms with Crippen LogP contribution in [0, 0.1) is 6.92 Å². The molecule has 2 amide bonds. The minimum Gasteiger partial charge on any atom is -0.497 e. The number of hydrogen-bond acceptors (Lipinski definition) is 4. The Bertz CT molecular complexity index is 1190. The highest BCUT2D eigenvalue weighted by molar-refractivity contribution is 8.01. The summed E-state index contributed by atoms with van der Waals surface area (Å²) in [6, 6.07) is 23.1. The maximum atomic E-state index is 14.0. The van der Waals surface area contributed by atoms with Crippen LogP contribution in [0.15, 0.2) is 72.8 Å². The smallest absolute Gasteiger partial charge is 0.268 e. The third kappa shape index (κ3) is 3.17. The van der Waals surface area contributed by atoms with Crippen LogP contribution >= 0.6 is 11.8 Å². The molecule has 1 atom stereocenters. The zero-order valence-corrected chi connectivity index (χ0v) is 18.9. The van der Waals surface area contributed by atoms with Crippen molar-refractivity contribution < 1.29 is 14.3 Å². The molecule has 1 spiro atoms. The Morgan fingerprint density at radius 1 is 1.06 bits per heavy atom. The SMILES string of the molecule is COc1ccc(C(=O)N2CCSC23C(=O)N(Cc2cccc(C)c2)c2ccccc23)cc1. The maximum absolute atomic E-state index is 14.0. The highest BCUT2D eigenvalue weighted by Gasteiger charge is 2.59. The number of benzene rings is 3. The van der Waals surface area contributed by atoms with Gasteiger partial charge in [0.05, 0.1) is 19.3 Å². The van der Waals surface area contributed by atoms with Crippen LogP contribution in [0.5, 0.6) is 5.75 Å². The van der Waals surface area contributed by atoms with Crippen molar-refractivity contribution in [2.24, 2.45) is 0 Å². The van der Waals surface area contributed by atoms with Gasteiger partial charge in [-0.05, 0) is 42.8 Å². The minimum absolute atomic E-state index is 0.0513. The monoisotopic (exact) mass is 444 g/mol. The fraction of sp³-hybridized carbons (Fsp3) is 0.231. The van der Waals surface area contributed by atoms with E-state index in [0.717, 1.165) is 22.4 Å². The number of rotatable bonds is 4. The first-order valence-corrected chi connectivity index (χ1v) is 11.6. The average Bonchev–Trinajstić information content (AvgIpc) is 3.36. The number of hydrogen-bond donors (Lipinski definition) is 0. The number of ether oxygens (including phenoxy) is 1. The van der Waals surface area contributed by atoms with Gasteiger partial charge in [-0.1, -0.05) is 48.0 Å². The summed E-state index contributed by atoms with van der Waals surface area (Å²) in [4.78, 5) is 30.1. The lowest BCUT2D eigenvalue weighted by Crippen LogP contribution is -2.50. The molecule has 2 heterocycles. The summed E-state index contributed by atoms with van der Waals surface area (Å²) in [6.45, 7) is 3.05. The zero-order valence-electron chi connectivity index (χ0n) is 18.1. The number of thioether (sulfide) groups is 1. The van der Waals surface area contributed by atoms with Crippen molar-refractivity contribution in [2.75, 3.05) is 24.3 Å². The maximum Gasteiger partial charge on any atom is 0.268 e. The normalized spacial score (nSPS) is 19.5. The number of carbonyl (C=O) groups is 2. The summed E-state index contributed by atoms with van der Waals surface area (Å²) >= 11 is 1.55. The van der Waals surface area contributed by atoms with Gasteiger partial charge in [0.15, 0.2) is 4.87 Å². The summed E-state index contributed by atoms with van der Waals surface area (Å²) < 4.78 is 5.22. The Balaban J connectivity index is 1.55. The van der Waals surface area contributed by atoms with Gasteiger partial charge in [0.2, 0.25) is 0 Å². The lowest BCUT2D eigenvalue weighted by molar-refractivity contribution is -0.123. The molecular weight excluding hydrogens is 420 g/mol. The second kappa shape index (κ2) is 8.02. The van der Waals surface area contributed by atoms with Crippen LogP contribution in [0.3, 0.4) is 0 Å². The molecule has 1 unspecified atom stereocenters. The first-order chi connectivity index (χ1) is 15.5. The quantitative estimate of drug-likeness (QED) is 0.591. The lowest BCUT2D eigenvalue weighted by atomic mass is 10.0. The Morgan fingerprint density at radius 2 is 1.84 bits per heavy atom. The number of nitrogens with zero attached hydrogens (tertiary/aromatic N) is 2. The average molecular weight is 445 g/mol. The van der Waals surface area contributed by atoms with Crippen molar-refractivity contribution in [1.29, 1.82) is 0 Å².